The monoisotopic (exact) mass is 270 g/mol. The minimum Gasteiger partial charge on any atom is -0.391 e. The first-order chi connectivity index (χ1) is 8.84. The number of alkyl halides is 3. The van der Waals surface area contributed by atoms with Crippen molar-refractivity contribution in [1.29, 1.82) is 5.26 Å². The molecule has 102 valence electrons. The highest BCUT2D eigenvalue weighted by molar-refractivity contribution is 5.59. The van der Waals surface area contributed by atoms with Gasteiger partial charge in [0.05, 0.1) is 29.3 Å². The average Bonchev–Trinajstić information content (AvgIpc) is 2.68. The van der Waals surface area contributed by atoms with Gasteiger partial charge < -0.3 is 10.0 Å². The molecule has 1 aliphatic heterocycles. The highest BCUT2D eigenvalue weighted by Crippen LogP contribution is 2.39. The maximum absolute atomic E-state index is 13.0. The van der Waals surface area contributed by atoms with Gasteiger partial charge >= 0.3 is 6.18 Å². The number of hydrogen-bond acceptors (Lipinski definition) is 3. The summed E-state index contributed by atoms with van der Waals surface area (Å²) in [6.07, 6.45) is -4.70. The molecule has 0 amide bonds. The van der Waals surface area contributed by atoms with Crippen molar-refractivity contribution in [1.82, 2.24) is 0 Å². The quantitative estimate of drug-likeness (QED) is 0.853. The van der Waals surface area contributed by atoms with E-state index in [0.29, 0.717) is 13.0 Å². The Balaban J connectivity index is 2.49. The normalized spacial score (nSPS) is 23.5. The molecule has 2 atom stereocenters. The molecule has 0 aromatic heterocycles. The Morgan fingerprint density at radius 2 is 2.11 bits per heavy atom. The summed E-state index contributed by atoms with van der Waals surface area (Å²) in [5.74, 6) is 0. The van der Waals surface area contributed by atoms with Crippen LogP contribution in [0.5, 0.6) is 0 Å². The Morgan fingerprint density at radius 3 is 2.58 bits per heavy atom. The van der Waals surface area contributed by atoms with E-state index in [0.717, 1.165) is 6.07 Å². The molecule has 6 heteroatoms. The predicted octanol–water partition coefficient (Wildman–Crippen LogP) is 2.54. The van der Waals surface area contributed by atoms with E-state index in [9.17, 15) is 18.3 Å². The average molecular weight is 270 g/mol. The fourth-order valence-corrected chi connectivity index (χ4v) is 2.35. The van der Waals surface area contributed by atoms with Crippen LogP contribution in [0.2, 0.25) is 0 Å². The molecular formula is C13H13F3N2O. The number of benzene rings is 1. The van der Waals surface area contributed by atoms with Gasteiger partial charge in [-0.25, -0.2) is 0 Å². The third kappa shape index (κ3) is 2.51. The van der Waals surface area contributed by atoms with Gasteiger partial charge in [0.2, 0.25) is 0 Å². The summed E-state index contributed by atoms with van der Waals surface area (Å²) in [6.45, 7) is 2.06. The third-order valence-corrected chi connectivity index (χ3v) is 3.45. The summed E-state index contributed by atoms with van der Waals surface area (Å²) in [5, 5.41) is 18.4. The van der Waals surface area contributed by atoms with Crippen LogP contribution in [-0.2, 0) is 6.18 Å². The van der Waals surface area contributed by atoms with E-state index < -0.39 is 17.8 Å². The van der Waals surface area contributed by atoms with E-state index in [1.807, 2.05) is 0 Å². The van der Waals surface area contributed by atoms with Crippen molar-refractivity contribution < 1.29 is 18.3 Å². The highest BCUT2D eigenvalue weighted by Gasteiger charge is 2.38. The van der Waals surface area contributed by atoms with Crippen LogP contribution in [0.3, 0.4) is 0 Å². The molecule has 1 N–H and O–H groups in total. The maximum Gasteiger partial charge on any atom is 0.418 e. The van der Waals surface area contributed by atoms with Crippen LogP contribution in [-0.4, -0.2) is 23.8 Å². The second kappa shape index (κ2) is 4.74. The summed E-state index contributed by atoms with van der Waals surface area (Å²) in [4.78, 5) is 1.54. The lowest BCUT2D eigenvalue weighted by molar-refractivity contribution is -0.137. The minimum atomic E-state index is -4.52. The van der Waals surface area contributed by atoms with Crippen LogP contribution in [0.25, 0.3) is 0 Å². The number of halogens is 3. The van der Waals surface area contributed by atoms with Gasteiger partial charge in [-0.1, -0.05) is 0 Å². The molecular weight excluding hydrogens is 257 g/mol. The molecule has 19 heavy (non-hydrogen) atoms. The molecule has 1 heterocycles. The van der Waals surface area contributed by atoms with E-state index in [2.05, 4.69) is 0 Å². The van der Waals surface area contributed by atoms with Crippen molar-refractivity contribution in [2.75, 3.05) is 11.4 Å². The van der Waals surface area contributed by atoms with Crippen molar-refractivity contribution in [3.05, 3.63) is 29.3 Å². The third-order valence-electron chi connectivity index (χ3n) is 3.45. The zero-order valence-corrected chi connectivity index (χ0v) is 10.3. The van der Waals surface area contributed by atoms with E-state index >= 15 is 0 Å². The number of hydrogen-bond donors (Lipinski definition) is 1. The smallest absolute Gasteiger partial charge is 0.391 e. The molecule has 2 rings (SSSR count). The van der Waals surface area contributed by atoms with Crippen LogP contribution in [0.1, 0.15) is 24.5 Å². The molecule has 0 bridgehead atoms. The number of nitrogens with zero attached hydrogens (tertiary/aromatic N) is 2. The summed E-state index contributed by atoms with van der Waals surface area (Å²) in [5.41, 5.74) is -0.827. The first kappa shape index (κ1) is 13.7. The fourth-order valence-electron chi connectivity index (χ4n) is 2.35. The number of anilines is 1. The van der Waals surface area contributed by atoms with E-state index in [4.69, 9.17) is 5.26 Å². The van der Waals surface area contributed by atoms with Crippen molar-refractivity contribution in [3.8, 4) is 6.07 Å². The largest absolute Gasteiger partial charge is 0.418 e. The summed E-state index contributed by atoms with van der Waals surface area (Å²) in [7, 11) is 0. The van der Waals surface area contributed by atoms with Crippen LogP contribution < -0.4 is 4.90 Å². The lowest BCUT2D eigenvalue weighted by atomic mass is 10.1. The summed E-state index contributed by atoms with van der Waals surface area (Å²) < 4.78 is 39.1. The number of aliphatic hydroxyl groups is 1. The Hall–Kier alpha value is -1.74. The second-order valence-electron chi connectivity index (χ2n) is 4.63. The number of aliphatic hydroxyl groups excluding tert-OH is 1. The Bertz CT molecular complexity index is 522. The molecule has 0 unspecified atom stereocenters. The van der Waals surface area contributed by atoms with Gasteiger partial charge in [-0.3, -0.25) is 0 Å². The van der Waals surface area contributed by atoms with E-state index in [-0.39, 0.29) is 17.3 Å². The highest BCUT2D eigenvalue weighted by atomic mass is 19.4. The predicted molar refractivity (Wildman–Crippen MR) is 63.6 cm³/mol. The van der Waals surface area contributed by atoms with Crippen LogP contribution in [0.4, 0.5) is 18.9 Å². The molecule has 1 aromatic rings. The lowest BCUT2D eigenvalue weighted by Crippen LogP contribution is -2.33. The van der Waals surface area contributed by atoms with Gasteiger partial charge in [0.25, 0.3) is 0 Å². The second-order valence-corrected chi connectivity index (χ2v) is 4.63. The van der Waals surface area contributed by atoms with Crippen molar-refractivity contribution in [2.24, 2.45) is 0 Å². The molecule has 1 saturated heterocycles. The molecule has 3 nitrogen and oxygen atoms in total. The van der Waals surface area contributed by atoms with Gasteiger partial charge in [0.1, 0.15) is 0 Å². The Kier molecular flexibility index (Phi) is 3.42. The first-order valence-corrected chi connectivity index (χ1v) is 5.90. The van der Waals surface area contributed by atoms with Crippen LogP contribution in [0.15, 0.2) is 18.2 Å². The number of nitriles is 1. The molecule has 0 aliphatic carbocycles. The topological polar surface area (TPSA) is 47.3 Å². The fraction of sp³-hybridized carbons (Fsp3) is 0.462. The van der Waals surface area contributed by atoms with Gasteiger partial charge in [0.15, 0.2) is 0 Å². The maximum atomic E-state index is 13.0. The molecule has 0 spiro atoms. The summed E-state index contributed by atoms with van der Waals surface area (Å²) in [6, 6.07) is 4.86. The van der Waals surface area contributed by atoms with Crippen molar-refractivity contribution in [3.63, 3.8) is 0 Å². The first-order valence-electron chi connectivity index (χ1n) is 5.90. The standard InChI is InChI=1S/C13H13F3N2O/c1-8-12(19)4-5-18(8)11-3-2-9(7-17)6-10(11)13(14,15)16/h2-3,6,8,12,19H,4-5H2,1H3/t8-,12-/m0/s1. The lowest BCUT2D eigenvalue weighted by Gasteiger charge is -2.28. The molecule has 0 radical (unpaired) electrons. The van der Waals surface area contributed by atoms with Gasteiger partial charge in [-0.2, -0.15) is 18.4 Å². The van der Waals surface area contributed by atoms with Crippen molar-refractivity contribution >= 4 is 5.69 Å². The molecule has 0 saturated carbocycles. The summed E-state index contributed by atoms with van der Waals surface area (Å²) >= 11 is 0. The van der Waals surface area contributed by atoms with Gasteiger partial charge in [-0.15, -0.1) is 0 Å². The van der Waals surface area contributed by atoms with Crippen molar-refractivity contribution in [2.45, 2.75) is 31.7 Å². The molecule has 1 aromatic carbocycles. The number of rotatable bonds is 1. The SMILES string of the molecule is C[C@H]1[C@@H](O)CCN1c1ccc(C#N)cc1C(F)(F)F. The van der Waals surface area contributed by atoms with Gasteiger partial charge in [0, 0.05) is 12.2 Å². The van der Waals surface area contributed by atoms with E-state index in [1.165, 1.54) is 17.0 Å². The minimum absolute atomic E-state index is 0.0237. The molecule has 1 fully saturated rings. The molecule has 1 aliphatic rings. The van der Waals surface area contributed by atoms with Crippen LogP contribution >= 0.6 is 0 Å². The zero-order valence-electron chi connectivity index (χ0n) is 10.3. The van der Waals surface area contributed by atoms with E-state index in [1.54, 1.807) is 13.0 Å². The Morgan fingerprint density at radius 1 is 1.42 bits per heavy atom. The Labute approximate surface area is 108 Å². The zero-order chi connectivity index (χ0) is 14.2. The van der Waals surface area contributed by atoms with Crippen LogP contribution in [0, 0.1) is 11.3 Å². The van der Waals surface area contributed by atoms with Gasteiger partial charge in [-0.05, 0) is 31.5 Å².